The average molecular weight is 335 g/mol. The third-order valence-electron chi connectivity index (χ3n) is 4.10. The molecule has 0 spiro atoms. The van der Waals surface area contributed by atoms with E-state index in [0.717, 1.165) is 5.56 Å². The van der Waals surface area contributed by atoms with Gasteiger partial charge in [-0.05, 0) is 32.8 Å². The van der Waals surface area contributed by atoms with Crippen LogP contribution in [0.4, 0.5) is 4.79 Å². The molecule has 1 aromatic rings. The number of methoxy groups -OCH3 is 1. The summed E-state index contributed by atoms with van der Waals surface area (Å²) in [6.45, 7) is 5.51. The van der Waals surface area contributed by atoms with E-state index >= 15 is 0 Å². The molecular weight excluding hydrogens is 310 g/mol. The van der Waals surface area contributed by atoms with Crippen LogP contribution < -0.4 is 0 Å². The average Bonchev–Trinajstić information content (AvgIpc) is 2.45. The van der Waals surface area contributed by atoms with E-state index in [1.165, 1.54) is 12.0 Å². The largest absolute Gasteiger partial charge is 0.468 e. The number of aliphatic hydroxyl groups is 1. The summed E-state index contributed by atoms with van der Waals surface area (Å²) in [7, 11) is 1.29. The highest BCUT2D eigenvalue weighted by Gasteiger charge is 2.57. The third kappa shape index (κ3) is 3.87. The number of amides is 1. The molecule has 1 atom stereocenters. The Labute approximate surface area is 142 Å². The lowest BCUT2D eigenvalue weighted by molar-refractivity contribution is -0.176. The predicted molar refractivity (Wildman–Crippen MR) is 88.4 cm³/mol. The van der Waals surface area contributed by atoms with Gasteiger partial charge >= 0.3 is 12.1 Å². The predicted octanol–water partition coefficient (Wildman–Crippen LogP) is 2.00. The van der Waals surface area contributed by atoms with E-state index in [1.54, 1.807) is 20.8 Å². The zero-order chi connectivity index (χ0) is 18.0. The summed E-state index contributed by atoms with van der Waals surface area (Å²) in [6.07, 6.45) is -1.11. The van der Waals surface area contributed by atoms with Crippen LogP contribution in [0.2, 0.25) is 0 Å². The summed E-state index contributed by atoms with van der Waals surface area (Å²) >= 11 is 0. The minimum atomic E-state index is -1.11. The number of nitrogens with zero attached hydrogens (tertiary/aromatic N) is 1. The summed E-state index contributed by atoms with van der Waals surface area (Å²) in [5, 5.41) is 10.6. The fourth-order valence-electron chi connectivity index (χ4n) is 2.80. The Morgan fingerprint density at radius 2 is 1.83 bits per heavy atom. The van der Waals surface area contributed by atoms with Crippen LogP contribution >= 0.6 is 0 Å². The number of carbonyl (C=O) groups is 2. The molecular formula is C18H25NO5. The number of carbonyl (C=O) groups excluding carboxylic acids is 2. The van der Waals surface area contributed by atoms with Crippen molar-refractivity contribution in [3.63, 3.8) is 0 Å². The van der Waals surface area contributed by atoms with E-state index in [-0.39, 0.29) is 13.1 Å². The van der Waals surface area contributed by atoms with Gasteiger partial charge in [-0.15, -0.1) is 0 Å². The summed E-state index contributed by atoms with van der Waals surface area (Å²) in [6, 6.07) is 9.41. The first-order valence-electron chi connectivity index (χ1n) is 7.96. The molecule has 6 nitrogen and oxygen atoms in total. The highest BCUT2D eigenvalue weighted by molar-refractivity contribution is 5.82. The van der Waals surface area contributed by atoms with Crippen molar-refractivity contribution in [1.82, 2.24) is 4.90 Å². The van der Waals surface area contributed by atoms with Crippen molar-refractivity contribution in [3.05, 3.63) is 35.9 Å². The van der Waals surface area contributed by atoms with Crippen LogP contribution in [0.15, 0.2) is 30.3 Å². The first-order valence-corrected chi connectivity index (χ1v) is 7.96. The van der Waals surface area contributed by atoms with Crippen molar-refractivity contribution in [2.45, 2.75) is 38.9 Å². The van der Waals surface area contributed by atoms with Gasteiger partial charge in [0, 0.05) is 13.1 Å². The Bertz CT molecular complexity index is 587. The summed E-state index contributed by atoms with van der Waals surface area (Å²) in [4.78, 5) is 25.7. The highest BCUT2D eigenvalue weighted by atomic mass is 16.6. The number of likely N-dealkylation sites (tertiary alicyclic amines) is 1. The fraction of sp³-hybridized carbons (Fsp3) is 0.556. The van der Waals surface area contributed by atoms with Gasteiger partial charge in [-0.1, -0.05) is 30.3 Å². The zero-order valence-corrected chi connectivity index (χ0v) is 14.6. The van der Waals surface area contributed by atoms with Gasteiger partial charge in [-0.25, -0.2) is 4.79 Å². The molecule has 1 amide bonds. The smallest absolute Gasteiger partial charge is 0.410 e. The number of esters is 1. The molecule has 24 heavy (non-hydrogen) atoms. The van der Waals surface area contributed by atoms with Gasteiger partial charge in [0.2, 0.25) is 0 Å². The number of ether oxygens (including phenoxy) is 2. The second kappa shape index (κ2) is 6.81. The molecule has 1 heterocycles. The molecule has 6 heteroatoms. The maximum Gasteiger partial charge on any atom is 0.410 e. The van der Waals surface area contributed by atoms with E-state index < -0.39 is 29.2 Å². The molecule has 1 fully saturated rings. The van der Waals surface area contributed by atoms with Crippen molar-refractivity contribution < 1.29 is 24.2 Å². The fourth-order valence-corrected chi connectivity index (χ4v) is 2.80. The van der Waals surface area contributed by atoms with Gasteiger partial charge in [0.1, 0.15) is 11.0 Å². The van der Waals surface area contributed by atoms with E-state index in [0.29, 0.717) is 6.42 Å². The first kappa shape index (κ1) is 18.3. The quantitative estimate of drug-likeness (QED) is 0.852. The molecule has 0 radical (unpaired) electrons. The normalized spacial score (nSPS) is 17.6. The lowest BCUT2D eigenvalue weighted by atomic mass is 9.73. The molecule has 0 bridgehead atoms. The molecule has 1 aliphatic heterocycles. The van der Waals surface area contributed by atoms with Crippen LogP contribution in [0.25, 0.3) is 0 Å². The van der Waals surface area contributed by atoms with Gasteiger partial charge < -0.3 is 19.5 Å². The lowest BCUT2D eigenvalue weighted by Crippen LogP contribution is -2.68. The molecule has 1 unspecified atom stereocenters. The topological polar surface area (TPSA) is 76.1 Å². The van der Waals surface area contributed by atoms with Gasteiger partial charge in [0.15, 0.2) is 0 Å². The number of rotatable bonds is 4. The molecule has 132 valence electrons. The van der Waals surface area contributed by atoms with Crippen LogP contribution in [-0.4, -0.2) is 54.0 Å². The van der Waals surface area contributed by atoms with Crippen molar-refractivity contribution in [2.24, 2.45) is 5.41 Å². The molecule has 0 aliphatic carbocycles. The number of benzene rings is 1. The minimum absolute atomic E-state index is 0.0859. The van der Waals surface area contributed by atoms with Crippen molar-refractivity contribution in [3.8, 4) is 0 Å². The summed E-state index contributed by atoms with van der Waals surface area (Å²) in [5.74, 6) is -0.509. The zero-order valence-electron chi connectivity index (χ0n) is 14.6. The van der Waals surface area contributed by atoms with Crippen LogP contribution in [0.1, 0.15) is 26.3 Å². The van der Waals surface area contributed by atoms with Crippen LogP contribution in [0.3, 0.4) is 0 Å². The molecule has 0 aromatic heterocycles. The standard InChI is InChI=1S/C18H25NO5/c1-17(2,3)24-16(22)19-11-18(12-19,15(21)23-4)14(20)10-13-8-6-5-7-9-13/h5-9,14,20H,10-12H2,1-4H3. The van der Waals surface area contributed by atoms with Crippen LogP contribution in [0.5, 0.6) is 0 Å². The highest BCUT2D eigenvalue weighted by Crippen LogP contribution is 2.37. The van der Waals surface area contributed by atoms with Crippen molar-refractivity contribution >= 4 is 12.1 Å². The Balaban J connectivity index is 2.07. The van der Waals surface area contributed by atoms with E-state index in [1.807, 2.05) is 30.3 Å². The van der Waals surface area contributed by atoms with Crippen LogP contribution in [0, 0.1) is 5.41 Å². The summed E-state index contributed by atoms with van der Waals surface area (Å²) in [5.41, 5.74) is -0.797. The SMILES string of the molecule is COC(=O)C1(C(O)Cc2ccccc2)CN(C(=O)OC(C)(C)C)C1. The molecule has 1 N–H and O–H groups in total. The van der Waals surface area contributed by atoms with Gasteiger partial charge in [0.05, 0.1) is 13.2 Å². The third-order valence-corrected chi connectivity index (χ3v) is 4.10. The Kier molecular flexibility index (Phi) is 5.18. The van der Waals surface area contributed by atoms with Gasteiger partial charge in [0.25, 0.3) is 0 Å². The first-order chi connectivity index (χ1) is 11.2. The van der Waals surface area contributed by atoms with Crippen LogP contribution in [-0.2, 0) is 20.7 Å². The number of hydrogen-bond donors (Lipinski definition) is 1. The lowest BCUT2D eigenvalue weighted by Gasteiger charge is -2.49. The van der Waals surface area contributed by atoms with Crippen molar-refractivity contribution in [1.29, 1.82) is 0 Å². The van der Waals surface area contributed by atoms with E-state index in [4.69, 9.17) is 9.47 Å². The monoisotopic (exact) mass is 335 g/mol. The van der Waals surface area contributed by atoms with Crippen molar-refractivity contribution in [2.75, 3.05) is 20.2 Å². The Morgan fingerprint density at radius 3 is 2.33 bits per heavy atom. The number of aliphatic hydroxyl groups excluding tert-OH is 1. The minimum Gasteiger partial charge on any atom is -0.468 e. The maximum absolute atomic E-state index is 12.2. The molecule has 1 saturated heterocycles. The second-order valence-electron chi connectivity index (χ2n) is 7.19. The molecule has 1 aliphatic rings. The van der Waals surface area contributed by atoms with Gasteiger partial charge in [-0.2, -0.15) is 0 Å². The summed E-state index contributed by atoms with van der Waals surface area (Å²) < 4.78 is 10.2. The van der Waals surface area contributed by atoms with E-state index in [2.05, 4.69) is 0 Å². The van der Waals surface area contributed by atoms with E-state index in [9.17, 15) is 14.7 Å². The maximum atomic E-state index is 12.2. The molecule has 0 saturated carbocycles. The second-order valence-corrected chi connectivity index (χ2v) is 7.19. The Hall–Kier alpha value is -2.08. The Morgan fingerprint density at radius 1 is 1.25 bits per heavy atom. The number of hydrogen-bond acceptors (Lipinski definition) is 5. The van der Waals surface area contributed by atoms with Gasteiger partial charge in [-0.3, -0.25) is 4.79 Å². The molecule has 1 aromatic carbocycles. The molecule has 2 rings (SSSR count).